The lowest BCUT2D eigenvalue weighted by Gasteiger charge is -2.08. The molecule has 0 unspecified atom stereocenters. The second kappa shape index (κ2) is 8.36. The van der Waals surface area contributed by atoms with E-state index in [-0.39, 0.29) is 12.3 Å². The fraction of sp³-hybridized carbons (Fsp3) is 0.167. The van der Waals surface area contributed by atoms with E-state index in [2.05, 4.69) is 25.3 Å². The predicted octanol–water partition coefficient (Wildman–Crippen LogP) is 3.14. The van der Waals surface area contributed by atoms with Gasteiger partial charge in [0, 0.05) is 16.8 Å². The summed E-state index contributed by atoms with van der Waals surface area (Å²) in [6, 6.07) is 12.2. The van der Waals surface area contributed by atoms with Gasteiger partial charge in [0.25, 0.3) is 0 Å². The number of amides is 1. The van der Waals surface area contributed by atoms with Gasteiger partial charge >= 0.3 is 0 Å². The third-order valence-electron chi connectivity index (χ3n) is 3.47. The molecule has 0 saturated heterocycles. The van der Waals surface area contributed by atoms with E-state index in [0.29, 0.717) is 28.0 Å². The van der Waals surface area contributed by atoms with Crippen LogP contribution in [0.15, 0.2) is 47.8 Å². The summed E-state index contributed by atoms with van der Waals surface area (Å²) in [5.41, 5.74) is 2.40. The number of sulfonamides is 1. The Balaban J connectivity index is 1.60. The van der Waals surface area contributed by atoms with E-state index in [1.54, 1.807) is 29.6 Å². The van der Waals surface area contributed by atoms with Crippen LogP contribution in [0.25, 0.3) is 0 Å². The number of pyridine rings is 1. The van der Waals surface area contributed by atoms with E-state index in [4.69, 9.17) is 0 Å². The molecule has 0 aliphatic rings. The molecule has 10 heteroatoms. The van der Waals surface area contributed by atoms with Crippen LogP contribution in [0, 0.1) is 6.92 Å². The molecule has 1 aromatic carbocycles. The van der Waals surface area contributed by atoms with Crippen molar-refractivity contribution in [1.29, 1.82) is 0 Å². The van der Waals surface area contributed by atoms with Crippen LogP contribution < -0.4 is 15.4 Å². The summed E-state index contributed by atoms with van der Waals surface area (Å²) in [5.74, 6) is 0.447. The molecule has 3 aromatic rings. The minimum atomic E-state index is -3.38. The first-order chi connectivity index (χ1) is 13.3. The molecule has 28 heavy (non-hydrogen) atoms. The first-order valence-electron chi connectivity index (χ1n) is 8.30. The van der Waals surface area contributed by atoms with Crippen molar-refractivity contribution in [2.24, 2.45) is 0 Å². The van der Waals surface area contributed by atoms with E-state index in [9.17, 15) is 13.2 Å². The number of aryl methyl sites for hydroxylation is 1. The Kier molecular flexibility index (Phi) is 5.90. The molecule has 3 N–H and O–H groups in total. The van der Waals surface area contributed by atoms with Crippen molar-refractivity contribution in [3.63, 3.8) is 0 Å². The van der Waals surface area contributed by atoms with Gasteiger partial charge in [0.1, 0.15) is 5.82 Å². The average Bonchev–Trinajstić information content (AvgIpc) is 3.00. The molecule has 2 heterocycles. The fourth-order valence-corrected chi connectivity index (χ4v) is 3.68. The molecule has 0 radical (unpaired) electrons. The summed E-state index contributed by atoms with van der Waals surface area (Å²) in [6.45, 7) is 1.91. The van der Waals surface area contributed by atoms with E-state index in [0.717, 1.165) is 11.9 Å². The van der Waals surface area contributed by atoms with Crippen LogP contribution in [-0.2, 0) is 21.2 Å². The van der Waals surface area contributed by atoms with E-state index in [1.165, 1.54) is 11.3 Å². The van der Waals surface area contributed by atoms with Gasteiger partial charge in [0.2, 0.25) is 15.9 Å². The quantitative estimate of drug-likeness (QED) is 0.544. The zero-order valence-corrected chi connectivity index (χ0v) is 16.9. The van der Waals surface area contributed by atoms with Crippen molar-refractivity contribution < 1.29 is 13.2 Å². The number of thiazole rings is 1. The summed E-state index contributed by atoms with van der Waals surface area (Å²) in [5, 5.41) is 8.32. The number of carbonyl (C=O) groups is 1. The smallest absolute Gasteiger partial charge is 0.230 e. The zero-order chi connectivity index (χ0) is 20.1. The molecule has 3 rings (SSSR count). The largest absolute Gasteiger partial charge is 0.326 e. The lowest BCUT2D eigenvalue weighted by Crippen LogP contribution is -2.15. The van der Waals surface area contributed by atoms with Crippen molar-refractivity contribution in [2.45, 2.75) is 13.3 Å². The fourth-order valence-electron chi connectivity index (χ4n) is 2.41. The standard InChI is InChI=1S/C18H19N5O3S2/c1-12-5-3-8-16(19-12)22-18-21-15(11-27-18)10-17(24)20-13-6-4-7-14(9-13)23-28(2,25)26/h3-9,11,23H,10H2,1-2H3,(H,20,24)(H,19,21,22). The molecule has 0 spiro atoms. The van der Waals surface area contributed by atoms with Crippen LogP contribution in [-0.4, -0.2) is 30.5 Å². The second-order valence-electron chi connectivity index (χ2n) is 6.11. The number of nitrogens with one attached hydrogen (secondary N) is 3. The number of rotatable bonds is 7. The molecule has 0 atom stereocenters. The van der Waals surface area contributed by atoms with Gasteiger partial charge in [-0.3, -0.25) is 9.52 Å². The Morgan fingerprint density at radius 1 is 1.11 bits per heavy atom. The van der Waals surface area contributed by atoms with Gasteiger partial charge in [-0.2, -0.15) is 0 Å². The van der Waals surface area contributed by atoms with Gasteiger partial charge < -0.3 is 10.6 Å². The average molecular weight is 418 g/mol. The zero-order valence-electron chi connectivity index (χ0n) is 15.3. The number of anilines is 4. The normalized spacial score (nSPS) is 11.1. The maximum Gasteiger partial charge on any atom is 0.230 e. The lowest BCUT2D eigenvalue weighted by molar-refractivity contribution is -0.115. The van der Waals surface area contributed by atoms with Crippen molar-refractivity contribution in [3.05, 3.63) is 59.2 Å². The number of benzene rings is 1. The predicted molar refractivity (Wildman–Crippen MR) is 112 cm³/mol. The monoisotopic (exact) mass is 417 g/mol. The van der Waals surface area contributed by atoms with Crippen LogP contribution in [0.1, 0.15) is 11.4 Å². The number of carbonyl (C=O) groups excluding carboxylic acids is 1. The van der Waals surface area contributed by atoms with Crippen LogP contribution in [0.3, 0.4) is 0 Å². The van der Waals surface area contributed by atoms with Gasteiger partial charge in [-0.05, 0) is 37.3 Å². The van der Waals surface area contributed by atoms with Gasteiger partial charge in [0.05, 0.1) is 24.1 Å². The van der Waals surface area contributed by atoms with E-state index in [1.807, 2.05) is 25.1 Å². The topological polar surface area (TPSA) is 113 Å². The summed E-state index contributed by atoms with van der Waals surface area (Å²) >= 11 is 1.39. The molecule has 8 nitrogen and oxygen atoms in total. The minimum absolute atomic E-state index is 0.100. The Morgan fingerprint density at radius 3 is 2.61 bits per heavy atom. The summed E-state index contributed by atoms with van der Waals surface area (Å²) in [7, 11) is -3.38. The maximum absolute atomic E-state index is 12.3. The highest BCUT2D eigenvalue weighted by molar-refractivity contribution is 7.92. The number of nitrogens with zero attached hydrogens (tertiary/aromatic N) is 2. The first kappa shape index (κ1) is 19.8. The maximum atomic E-state index is 12.3. The molecular formula is C18H19N5O3S2. The van der Waals surface area contributed by atoms with Crippen molar-refractivity contribution in [3.8, 4) is 0 Å². The highest BCUT2D eigenvalue weighted by Crippen LogP contribution is 2.21. The highest BCUT2D eigenvalue weighted by Gasteiger charge is 2.10. The summed E-state index contributed by atoms with van der Waals surface area (Å²) in [6.07, 6.45) is 1.17. The molecule has 0 aliphatic carbocycles. The van der Waals surface area contributed by atoms with Gasteiger partial charge in [-0.25, -0.2) is 18.4 Å². The summed E-state index contributed by atoms with van der Waals surface area (Å²) in [4.78, 5) is 21.0. The lowest BCUT2D eigenvalue weighted by atomic mass is 10.2. The van der Waals surface area contributed by atoms with Crippen molar-refractivity contribution in [1.82, 2.24) is 9.97 Å². The Morgan fingerprint density at radius 2 is 1.86 bits per heavy atom. The number of aromatic nitrogens is 2. The van der Waals surface area contributed by atoms with E-state index >= 15 is 0 Å². The Hall–Kier alpha value is -2.98. The third-order valence-corrected chi connectivity index (χ3v) is 4.88. The van der Waals surface area contributed by atoms with Crippen LogP contribution in [0.5, 0.6) is 0 Å². The van der Waals surface area contributed by atoms with Crippen LogP contribution in [0.2, 0.25) is 0 Å². The molecule has 0 aliphatic heterocycles. The molecular weight excluding hydrogens is 398 g/mol. The number of hydrogen-bond donors (Lipinski definition) is 3. The van der Waals surface area contributed by atoms with Crippen LogP contribution in [0.4, 0.5) is 22.3 Å². The SMILES string of the molecule is Cc1cccc(Nc2nc(CC(=O)Nc3cccc(NS(C)(=O)=O)c3)cs2)n1. The third kappa shape index (κ3) is 6.03. The van der Waals surface area contributed by atoms with Crippen LogP contribution >= 0.6 is 11.3 Å². The summed E-state index contributed by atoms with van der Waals surface area (Å²) < 4.78 is 25.0. The van der Waals surface area contributed by atoms with Gasteiger partial charge in [-0.1, -0.05) is 12.1 Å². The molecule has 1 amide bonds. The highest BCUT2D eigenvalue weighted by atomic mass is 32.2. The first-order valence-corrected chi connectivity index (χ1v) is 11.1. The second-order valence-corrected chi connectivity index (χ2v) is 8.72. The number of hydrogen-bond acceptors (Lipinski definition) is 7. The Bertz CT molecular complexity index is 1100. The van der Waals surface area contributed by atoms with Gasteiger partial charge in [0.15, 0.2) is 5.13 Å². The van der Waals surface area contributed by atoms with Crippen molar-refractivity contribution in [2.75, 3.05) is 21.6 Å². The van der Waals surface area contributed by atoms with Crippen molar-refractivity contribution >= 4 is 49.6 Å². The van der Waals surface area contributed by atoms with E-state index < -0.39 is 10.0 Å². The molecule has 0 saturated carbocycles. The minimum Gasteiger partial charge on any atom is -0.326 e. The molecule has 146 valence electrons. The molecule has 2 aromatic heterocycles. The Labute approximate surface area is 167 Å². The molecule has 0 fully saturated rings. The molecule has 0 bridgehead atoms. The van der Waals surface area contributed by atoms with Gasteiger partial charge in [-0.15, -0.1) is 11.3 Å².